The number of nitrogens with one attached hydrogen (secondary N) is 2. The maximum Gasteiger partial charge on any atom is 0.251 e. The maximum absolute atomic E-state index is 12.7. The molecule has 1 atom stereocenters. The molecule has 0 bridgehead atoms. The van der Waals surface area contributed by atoms with Crippen LogP contribution in [0.1, 0.15) is 42.1 Å². The van der Waals surface area contributed by atoms with E-state index in [4.69, 9.17) is 9.47 Å². The standard InChI is InChI=1S/C23H27N3O4/c1-3-30-20-10-7-15(12-21(20)29-2)14-24-22(27)16-8-9-18-17(13-16)25-23(28)19-6-4-5-11-26(18)19/h7-10,12-13,19H,3-6,11,14H2,1-2H3,(H,24,27)(H,25,28). The van der Waals surface area contributed by atoms with Crippen molar-refractivity contribution in [3.63, 3.8) is 0 Å². The largest absolute Gasteiger partial charge is 0.493 e. The van der Waals surface area contributed by atoms with Crippen LogP contribution in [0.3, 0.4) is 0 Å². The van der Waals surface area contributed by atoms with Gasteiger partial charge < -0.3 is 25.0 Å². The van der Waals surface area contributed by atoms with Gasteiger partial charge >= 0.3 is 0 Å². The molecule has 158 valence electrons. The molecule has 0 saturated carbocycles. The molecule has 30 heavy (non-hydrogen) atoms. The molecule has 2 N–H and O–H groups in total. The smallest absolute Gasteiger partial charge is 0.251 e. The molecule has 2 aliphatic rings. The van der Waals surface area contributed by atoms with E-state index in [1.165, 1.54) is 0 Å². The number of amides is 2. The van der Waals surface area contributed by atoms with E-state index < -0.39 is 0 Å². The molecule has 1 fully saturated rings. The molecule has 1 saturated heterocycles. The van der Waals surface area contributed by atoms with Gasteiger partial charge in [0.15, 0.2) is 11.5 Å². The summed E-state index contributed by atoms with van der Waals surface area (Å²) in [4.78, 5) is 27.3. The number of nitrogens with zero attached hydrogens (tertiary/aromatic N) is 1. The van der Waals surface area contributed by atoms with Gasteiger partial charge in [0.25, 0.3) is 5.91 Å². The van der Waals surface area contributed by atoms with Crippen molar-refractivity contribution in [1.82, 2.24) is 5.32 Å². The van der Waals surface area contributed by atoms with Crippen LogP contribution in [0.5, 0.6) is 11.5 Å². The van der Waals surface area contributed by atoms with Crippen molar-refractivity contribution in [3.8, 4) is 11.5 Å². The van der Waals surface area contributed by atoms with Gasteiger partial charge in [-0.05, 0) is 62.1 Å². The SMILES string of the molecule is CCOc1ccc(CNC(=O)c2ccc3c(c2)NC(=O)C2CCCCN32)cc1OC. The van der Waals surface area contributed by atoms with Crippen LogP contribution in [0.15, 0.2) is 36.4 Å². The summed E-state index contributed by atoms with van der Waals surface area (Å²) in [6.45, 7) is 3.70. The Bertz CT molecular complexity index is 959. The molecule has 0 aromatic heterocycles. The van der Waals surface area contributed by atoms with Crippen LogP contribution in [0.4, 0.5) is 11.4 Å². The van der Waals surface area contributed by atoms with Crippen molar-refractivity contribution < 1.29 is 19.1 Å². The minimum Gasteiger partial charge on any atom is -0.493 e. The van der Waals surface area contributed by atoms with Gasteiger partial charge in [0.1, 0.15) is 6.04 Å². The molecule has 0 spiro atoms. The Labute approximate surface area is 176 Å². The number of carbonyl (C=O) groups excluding carboxylic acids is 2. The Morgan fingerprint density at radius 3 is 2.87 bits per heavy atom. The van der Waals surface area contributed by atoms with Crippen LogP contribution in [-0.2, 0) is 11.3 Å². The van der Waals surface area contributed by atoms with Gasteiger partial charge in [-0.3, -0.25) is 9.59 Å². The number of hydrogen-bond donors (Lipinski definition) is 2. The monoisotopic (exact) mass is 409 g/mol. The van der Waals surface area contributed by atoms with Gasteiger partial charge in [0.2, 0.25) is 5.91 Å². The number of hydrogen-bond acceptors (Lipinski definition) is 5. The van der Waals surface area contributed by atoms with E-state index in [0.29, 0.717) is 35.9 Å². The van der Waals surface area contributed by atoms with Gasteiger partial charge in [-0.1, -0.05) is 6.07 Å². The summed E-state index contributed by atoms with van der Waals surface area (Å²) >= 11 is 0. The van der Waals surface area contributed by atoms with E-state index in [9.17, 15) is 9.59 Å². The van der Waals surface area contributed by atoms with Crippen molar-refractivity contribution in [1.29, 1.82) is 0 Å². The van der Waals surface area contributed by atoms with E-state index >= 15 is 0 Å². The van der Waals surface area contributed by atoms with Gasteiger partial charge in [-0.2, -0.15) is 0 Å². The van der Waals surface area contributed by atoms with Gasteiger partial charge in [0.05, 0.1) is 25.1 Å². The number of ether oxygens (including phenoxy) is 2. The summed E-state index contributed by atoms with van der Waals surface area (Å²) in [6.07, 6.45) is 3.02. The predicted molar refractivity (Wildman–Crippen MR) is 115 cm³/mol. The molecule has 0 aliphatic carbocycles. The first kappa shape index (κ1) is 20.1. The minimum atomic E-state index is -0.194. The highest BCUT2D eigenvalue weighted by molar-refractivity contribution is 6.05. The lowest BCUT2D eigenvalue weighted by atomic mass is 9.97. The van der Waals surface area contributed by atoms with Gasteiger partial charge in [-0.25, -0.2) is 0 Å². The lowest BCUT2D eigenvalue weighted by Gasteiger charge is -2.41. The molecule has 2 heterocycles. The van der Waals surface area contributed by atoms with E-state index in [1.807, 2.05) is 37.3 Å². The van der Waals surface area contributed by atoms with Gasteiger partial charge in [0, 0.05) is 18.7 Å². The van der Waals surface area contributed by atoms with E-state index in [0.717, 1.165) is 37.1 Å². The second kappa shape index (κ2) is 8.65. The van der Waals surface area contributed by atoms with Gasteiger partial charge in [-0.15, -0.1) is 0 Å². The summed E-state index contributed by atoms with van der Waals surface area (Å²) < 4.78 is 10.9. The van der Waals surface area contributed by atoms with Crippen molar-refractivity contribution in [3.05, 3.63) is 47.5 Å². The fourth-order valence-electron chi connectivity index (χ4n) is 4.12. The Balaban J connectivity index is 1.46. The normalized spacial score (nSPS) is 17.5. The average Bonchev–Trinajstić information content (AvgIpc) is 2.78. The molecule has 1 unspecified atom stereocenters. The zero-order chi connectivity index (χ0) is 21.1. The Kier molecular flexibility index (Phi) is 5.79. The molecule has 2 aromatic carbocycles. The minimum absolute atomic E-state index is 0.0150. The van der Waals surface area contributed by atoms with E-state index in [1.54, 1.807) is 13.2 Å². The maximum atomic E-state index is 12.7. The van der Waals surface area contributed by atoms with Crippen molar-refractivity contribution in [2.24, 2.45) is 0 Å². The van der Waals surface area contributed by atoms with Crippen molar-refractivity contribution >= 4 is 23.2 Å². The lowest BCUT2D eigenvalue weighted by molar-refractivity contribution is -0.118. The lowest BCUT2D eigenvalue weighted by Crippen LogP contribution is -2.50. The quantitative estimate of drug-likeness (QED) is 0.765. The molecule has 7 nitrogen and oxygen atoms in total. The third-order valence-corrected chi connectivity index (χ3v) is 5.61. The molecule has 2 aliphatic heterocycles. The highest BCUT2D eigenvalue weighted by atomic mass is 16.5. The zero-order valence-corrected chi connectivity index (χ0v) is 17.4. The molecular weight excluding hydrogens is 382 g/mol. The number of piperidine rings is 1. The number of rotatable bonds is 6. The molecular formula is C23H27N3O4. The Morgan fingerprint density at radius 1 is 1.20 bits per heavy atom. The van der Waals surface area contributed by atoms with Crippen molar-refractivity contribution in [2.75, 3.05) is 30.5 Å². The molecule has 2 aromatic rings. The molecule has 4 rings (SSSR count). The fourth-order valence-corrected chi connectivity index (χ4v) is 4.12. The fraction of sp³-hybridized carbons (Fsp3) is 0.391. The van der Waals surface area contributed by atoms with Crippen molar-refractivity contribution in [2.45, 2.75) is 38.8 Å². The first-order valence-corrected chi connectivity index (χ1v) is 10.4. The summed E-state index contributed by atoms with van der Waals surface area (Å²) in [6, 6.07) is 11.0. The Hall–Kier alpha value is -3.22. The topological polar surface area (TPSA) is 79.9 Å². The first-order chi connectivity index (χ1) is 14.6. The zero-order valence-electron chi connectivity index (χ0n) is 17.4. The molecule has 0 radical (unpaired) electrons. The summed E-state index contributed by atoms with van der Waals surface area (Å²) in [5.74, 6) is 1.13. The van der Waals surface area contributed by atoms with Crippen LogP contribution in [-0.4, -0.2) is 38.1 Å². The van der Waals surface area contributed by atoms with E-state index in [2.05, 4.69) is 15.5 Å². The number of fused-ring (bicyclic) bond motifs is 3. The van der Waals surface area contributed by atoms with Crippen LogP contribution >= 0.6 is 0 Å². The number of carbonyl (C=O) groups is 2. The Morgan fingerprint density at radius 2 is 2.07 bits per heavy atom. The second-order valence-electron chi connectivity index (χ2n) is 7.53. The summed E-state index contributed by atoms with van der Waals surface area (Å²) in [5, 5.41) is 5.90. The molecule has 7 heteroatoms. The molecule has 2 amide bonds. The number of anilines is 2. The number of methoxy groups -OCH3 is 1. The van der Waals surface area contributed by atoms with Crippen LogP contribution in [0.2, 0.25) is 0 Å². The first-order valence-electron chi connectivity index (χ1n) is 10.4. The third-order valence-electron chi connectivity index (χ3n) is 5.61. The highest BCUT2D eigenvalue weighted by Gasteiger charge is 2.34. The predicted octanol–water partition coefficient (Wildman–Crippen LogP) is 3.33. The van der Waals surface area contributed by atoms with E-state index in [-0.39, 0.29) is 17.9 Å². The van der Waals surface area contributed by atoms with Crippen LogP contribution < -0.4 is 25.0 Å². The number of benzene rings is 2. The second-order valence-corrected chi connectivity index (χ2v) is 7.53. The summed E-state index contributed by atoms with van der Waals surface area (Å²) in [7, 11) is 1.59. The van der Waals surface area contributed by atoms with Crippen LogP contribution in [0, 0.1) is 0 Å². The average molecular weight is 409 g/mol. The van der Waals surface area contributed by atoms with Crippen LogP contribution in [0.25, 0.3) is 0 Å². The highest BCUT2D eigenvalue weighted by Crippen LogP contribution is 2.36. The summed E-state index contributed by atoms with van der Waals surface area (Å²) in [5.41, 5.74) is 3.12. The third kappa shape index (κ3) is 3.92.